The smallest absolute Gasteiger partial charge is 0.255 e. The minimum atomic E-state index is -0.698. The molecule has 3 rings (SSSR count). The normalized spacial score (nSPS) is 22.2. The molecule has 25 heavy (non-hydrogen) atoms. The zero-order chi connectivity index (χ0) is 18.2. The van der Waals surface area contributed by atoms with Gasteiger partial charge in [-0.3, -0.25) is 9.59 Å². The number of ether oxygens (including phenoxy) is 1. The standard InChI is InChI=1S/C18H22N2O5/c1-18(9-22)10-25-15-12-8-20(14(4-3-7-21)16(23)19-2)17(24)11(12)5-6-13(15)18/h5-7,14,22H,3-4,8-10H2,1-2H3,(H,19,23). The van der Waals surface area contributed by atoms with Gasteiger partial charge in [0, 0.05) is 30.2 Å². The molecule has 2 heterocycles. The number of nitrogens with zero attached hydrogens (tertiary/aromatic N) is 1. The van der Waals surface area contributed by atoms with Gasteiger partial charge in [-0.25, -0.2) is 0 Å². The van der Waals surface area contributed by atoms with Gasteiger partial charge in [0.15, 0.2) is 0 Å². The third-order valence-corrected chi connectivity index (χ3v) is 5.10. The average molecular weight is 346 g/mol. The fraction of sp³-hybridized carbons (Fsp3) is 0.500. The van der Waals surface area contributed by atoms with E-state index in [1.54, 1.807) is 6.07 Å². The summed E-state index contributed by atoms with van der Waals surface area (Å²) in [5, 5.41) is 12.2. The Morgan fingerprint density at radius 2 is 2.28 bits per heavy atom. The summed E-state index contributed by atoms with van der Waals surface area (Å²) in [6.45, 7) is 2.48. The van der Waals surface area contributed by atoms with Crippen LogP contribution >= 0.6 is 0 Å². The van der Waals surface area contributed by atoms with Crippen molar-refractivity contribution in [2.45, 2.75) is 37.8 Å². The first-order chi connectivity index (χ1) is 12.0. The Morgan fingerprint density at radius 3 is 2.92 bits per heavy atom. The minimum absolute atomic E-state index is 0.0450. The average Bonchev–Trinajstić information content (AvgIpc) is 3.14. The fourth-order valence-corrected chi connectivity index (χ4v) is 3.53. The quantitative estimate of drug-likeness (QED) is 0.726. The van der Waals surface area contributed by atoms with Gasteiger partial charge in [-0.2, -0.15) is 0 Å². The summed E-state index contributed by atoms with van der Waals surface area (Å²) >= 11 is 0. The van der Waals surface area contributed by atoms with Crippen LogP contribution in [0.3, 0.4) is 0 Å². The number of likely N-dealkylation sites (N-methyl/N-ethyl adjacent to an activating group) is 1. The molecule has 0 saturated carbocycles. The van der Waals surface area contributed by atoms with Crippen molar-refractivity contribution in [3.8, 4) is 5.75 Å². The molecule has 1 aromatic rings. The van der Waals surface area contributed by atoms with Crippen molar-refractivity contribution in [2.24, 2.45) is 0 Å². The maximum absolute atomic E-state index is 12.8. The van der Waals surface area contributed by atoms with Crippen LogP contribution in [-0.2, 0) is 21.5 Å². The Bertz CT molecular complexity index is 732. The van der Waals surface area contributed by atoms with Crippen LogP contribution in [0.1, 0.15) is 41.3 Å². The third kappa shape index (κ3) is 2.68. The third-order valence-electron chi connectivity index (χ3n) is 5.10. The molecule has 134 valence electrons. The Morgan fingerprint density at radius 1 is 1.52 bits per heavy atom. The molecule has 2 N–H and O–H groups in total. The van der Waals surface area contributed by atoms with E-state index in [1.807, 2.05) is 13.0 Å². The summed E-state index contributed by atoms with van der Waals surface area (Å²) in [4.78, 5) is 37.2. The molecule has 0 bridgehead atoms. The number of carbonyl (C=O) groups is 3. The molecular formula is C18H22N2O5. The number of carbonyl (C=O) groups excluding carboxylic acids is 3. The number of benzene rings is 1. The van der Waals surface area contributed by atoms with Crippen LogP contribution in [0.4, 0.5) is 0 Å². The summed E-state index contributed by atoms with van der Waals surface area (Å²) in [6, 6.07) is 2.86. The predicted molar refractivity (Wildman–Crippen MR) is 89.4 cm³/mol. The van der Waals surface area contributed by atoms with Crippen LogP contribution in [0.5, 0.6) is 5.75 Å². The van der Waals surface area contributed by atoms with Gasteiger partial charge < -0.3 is 24.9 Å². The highest BCUT2D eigenvalue weighted by molar-refractivity contribution is 6.02. The molecule has 2 amide bonds. The van der Waals surface area contributed by atoms with E-state index in [-0.39, 0.29) is 37.8 Å². The van der Waals surface area contributed by atoms with Gasteiger partial charge in [0.25, 0.3) is 5.91 Å². The number of fused-ring (bicyclic) bond motifs is 3. The largest absolute Gasteiger partial charge is 0.492 e. The monoisotopic (exact) mass is 346 g/mol. The van der Waals surface area contributed by atoms with E-state index in [0.717, 1.165) is 17.4 Å². The Labute approximate surface area is 146 Å². The minimum Gasteiger partial charge on any atom is -0.492 e. The van der Waals surface area contributed by atoms with Gasteiger partial charge in [0.05, 0.1) is 25.2 Å². The Hall–Kier alpha value is -2.41. The van der Waals surface area contributed by atoms with Gasteiger partial charge >= 0.3 is 0 Å². The molecule has 7 heteroatoms. The molecule has 7 nitrogen and oxygen atoms in total. The molecule has 2 atom stereocenters. The van der Waals surface area contributed by atoms with Crippen molar-refractivity contribution in [3.05, 3.63) is 28.8 Å². The number of aliphatic hydroxyl groups is 1. The van der Waals surface area contributed by atoms with E-state index in [9.17, 15) is 19.5 Å². The Balaban J connectivity index is 1.96. The van der Waals surface area contributed by atoms with Crippen molar-refractivity contribution in [1.82, 2.24) is 10.2 Å². The van der Waals surface area contributed by atoms with E-state index in [2.05, 4.69) is 5.32 Å². The lowest BCUT2D eigenvalue weighted by Crippen LogP contribution is -2.46. The summed E-state index contributed by atoms with van der Waals surface area (Å²) in [6.07, 6.45) is 1.23. The molecular weight excluding hydrogens is 324 g/mol. The van der Waals surface area contributed by atoms with Crippen LogP contribution < -0.4 is 10.1 Å². The van der Waals surface area contributed by atoms with Gasteiger partial charge in [0.2, 0.25) is 5.91 Å². The van der Waals surface area contributed by atoms with Gasteiger partial charge in [0.1, 0.15) is 18.1 Å². The lowest BCUT2D eigenvalue weighted by Gasteiger charge is -2.25. The molecule has 2 aliphatic heterocycles. The Kier molecular flexibility index (Phi) is 4.51. The first-order valence-corrected chi connectivity index (χ1v) is 8.33. The molecule has 0 aliphatic carbocycles. The zero-order valence-electron chi connectivity index (χ0n) is 14.4. The van der Waals surface area contributed by atoms with Crippen molar-refractivity contribution >= 4 is 18.1 Å². The van der Waals surface area contributed by atoms with E-state index in [1.165, 1.54) is 11.9 Å². The van der Waals surface area contributed by atoms with Crippen molar-refractivity contribution in [1.29, 1.82) is 0 Å². The molecule has 0 fully saturated rings. The maximum Gasteiger partial charge on any atom is 0.255 e. The summed E-state index contributed by atoms with van der Waals surface area (Å²) < 4.78 is 5.80. The second-order valence-electron chi connectivity index (χ2n) is 6.78. The van der Waals surface area contributed by atoms with Gasteiger partial charge in [-0.05, 0) is 19.4 Å². The molecule has 2 aliphatic rings. The lowest BCUT2D eigenvalue weighted by atomic mass is 9.84. The van der Waals surface area contributed by atoms with Crippen LogP contribution in [0.15, 0.2) is 12.1 Å². The molecule has 0 radical (unpaired) electrons. The van der Waals surface area contributed by atoms with E-state index < -0.39 is 11.5 Å². The van der Waals surface area contributed by atoms with E-state index in [4.69, 9.17) is 4.74 Å². The summed E-state index contributed by atoms with van der Waals surface area (Å²) in [5.74, 6) is 0.107. The lowest BCUT2D eigenvalue weighted by molar-refractivity contribution is -0.125. The maximum atomic E-state index is 12.8. The van der Waals surface area contributed by atoms with Crippen LogP contribution in [0.2, 0.25) is 0 Å². The number of nitrogens with one attached hydrogen (secondary N) is 1. The van der Waals surface area contributed by atoms with E-state index >= 15 is 0 Å². The number of amides is 2. The first kappa shape index (κ1) is 17.4. The second-order valence-corrected chi connectivity index (χ2v) is 6.78. The fourth-order valence-electron chi connectivity index (χ4n) is 3.53. The molecule has 0 spiro atoms. The van der Waals surface area contributed by atoms with Crippen LogP contribution in [0.25, 0.3) is 0 Å². The molecule has 0 saturated heterocycles. The van der Waals surface area contributed by atoms with Crippen LogP contribution in [-0.4, -0.2) is 54.4 Å². The highest BCUT2D eigenvalue weighted by Crippen LogP contribution is 2.44. The van der Waals surface area contributed by atoms with Crippen LogP contribution in [0, 0.1) is 0 Å². The molecule has 0 aromatic heterocycles. The van der Waals surface area contributed by atoms with Crippen molar-refractivity contribution in [3.63, 3.8) is 0 Å². The van der Waals surface area contributed by atoms with Crippen molar-refractivity contribution in [2.75, 3.05) is 20.3 Å². The van der Waals surface area contributed by atoms with Gasteiger partial charge in [-0.15, -0.1) is 0 Å². The highest BCUT2D eigenvalue weighted by Gasteiger charge is 2.43. The first-order valence-electron chi connectivity index (χ1n) is 8.33. The summed E-state index contributed by atoms with van der Waals surface area (Å²) in [5.41, 5.74) is 1.66. The molecule has 2 unspecified atom stereocenters. The van der Waals surface area contributed by atoms with Crippen molar-refractivity contribution < 1.29 is 24.2 Å². The second kappa shape index (κ2) is 6.48. The summed E-state index contributed by atoms with van der Waals surface area (Å²) in [7, 11) is 1.51. The molecule has 1 aromatic carbocycles. The number of hydrogen-bond donors (Lipinski definition) is 2. The number of aliphatic hydroxyl groups excluding tert-OH is 1. The number of rotatable bonds is 6. The number of hydrogen-bond acceptors (Lipinski definition) is 5. The van der Waals surface area contributed by atoms with Gasteiger partial charge in [-0.1, -0.05) is 6.07 Å². The number of aldehydes is 1. The SMILES string of the molecule is CNC(=O)C(CCC=O)N1Cc2c(ccc3c2OCC3(C)CO)C1=O. The predicted octanol–water partition coefficient (Wildman–Crippen LogP) is 0.378. The zero-order valence-corrected chi connectivity index (χ0v) is 14.4. The highest BCUT2D eigenvalue weighted by atomic mass is 16.5. The van der Waals surface area contributed by atoms with E-state index in [0.29, 0.717) is 17.9 Å². The topological polar surface area (TPSA) is 95.9 Å².